The summed E-state index contributed by atoms with van der Waals surface area (Å²) in [6.07, 6.45) is 6.48. The minimum atomic E-state index is -0.0475. The van der Waals surface area contributed by atoms with E-state index in [1.54, 1.807) is 7.05 Å². The SMILES string of the molecule is CNC(=O)C1CCN(C(C)C(=O)N2CCCCCC2)CC1. The maximum Gasteiger partial charge on any atom is 0.239 e. The molecule has 120 valence electrons. The Bertz CT molecular complexity index is 357. The number of carbonyl (C=O) groups is 2. The summed E-state index contributed by atoms with van der Waals surface area (Å²) in [4.78, 5) is 28.6. The van der Waals surface area contributed by atoms with Crippen LogP contribution < -0.4 is 5.32 Å². The number of likely N-dealkylation sites (tertiary alicyclic amines) is 2. The van der Waals surface area contributed by atoms with Crippen molar-refractivity contribution in [3.05, 3.63) is 0 Å². The Balaban J connectivity index is 1.84. The van der Waals surface area contributed by atoms with Crippen molar-refractivity contribution in [2.45, 2.75) is 51.5 Å². The lowest BCUT2D eigenvalue weighted by Crippen LogP contribution is -2.51. The van der Waals surface area contributed by atoms with Crippen LogP contribution in [0, 0.1) is 5.92 Å². The monoisotopic (exact) mass is 295 g/mol. The lowest BCUT2D eigenvalue weighted by atomic mass is 9.95. The number of hydrogen-bond donors (Lipinski definition) is 1. The van der Waals surface area contributed by atoms with Gasteiger partial charge in [-0.25, -0.2) is 0 Å². The average molecular weight is 295 g/mol. The van der Waals surface area contributed by atoms with Crippen LogP contribution in [0.5, 0.6) is 0 Å². The highest BCUT2D eigenvalue weighted by molar-refractivity contribution is 5.81. The molecule has 0 spiro atoms. The topological polar surface area (TPSA) is 52.7 Å². The normalized spacial score (nSPS) is 23.4. The quantitative estimate of drug-likeness (QED) is 0.852. The molecule has 2 heterocycles. The molecule has 5 nitrogen and oxygen atoms in total. The van der Waals surface area contributed by atoms with Crippen LogP contribution in [0.4, 0.5) is 0 Å². The van der Waals surface area contributed by atoms with E-state index in [9.17, 15) is 9.59 Å². The Kier molecular flexibility index (Phi) is 6.03. The molecule has 1 N–H and O–H groups in total. The number of hydrogen-bond acceptors (Lipinski definition) is 3. The van der Waals surface area contributed by atoms with E-state index < -0.39 is 0 Å². The van der Waals surface area contributed by atoms with E-state index in [1.165, 1.54) is 12.8 Å². The summed E-state index contributed by atoms with van der Waals surface area (Å²) in [5.41, 5.74) is 0. The molecule has 21 heavy (non-hydrogen) atoms. The van der Waals surface area contributed by atoms with Crippen LogP contribution in [-0.2, 0) is 9.59 Å². The van der Waals surface area contributed by atoms with Gasteiger partial charge in [0.15, 0.2) is 0 Å². The molecule has 2 rings (SSSR count). The third kappa shape index (κ3) is 4.19. The maximum absolute atomic E-state index is 12.6. The lowest BCUT2D eigenvalue weighted by molar-refractivity contribution is -0.137. The summed E-state index contributed by atoms with van der Waals surface area (Å²) in [6, 6.07) is -0.0475. The molecule has 2 fully saturated rings. The van der Waals surface area contributed by atoms with Gasteiger partial charge < -0.3 is 10.2 Å². The summed E-state index contributed by atoms with van der Waals surface area (Å²) in [5, 5.41) is 2.73. The van der Waals surface area contributed by atoms with Crippen molar-refractivity contribution in [2.75, 3.05) is 33.2 Å². The van der Waals surface area contributed by atoms with Gasteiger partial charge in [0.1, 0.15) is 0 Å². The van der Waals surface area contributed by atoms with Gasteiger partial charge in [-0.2, -0.15) is 0 Å². The van der Waals surface area contributed by atoms with Crippen molar-refractivity contribution in [3.63, 3.8) is 0 Å². The largest absolute Gasteiger partial charge is 0.359 e. The summed E-state index contributed by atoms with van der Waals surface area (Å²) in [7, 11) is 1.69. The first-order chi connectivity index (χ1) is 10.1. The second-order valence-corrected chi connectivity index (χ2v) is 6.34. The maximum atomic E-state index is 12.6. The van der Waals surface area contributed by atoms with E-state index in [0.29, 0.717) is 0 Å². The predicted molar refractivity (Wildman–Crippen MR) is 82.9 cm³/mol. The Morgan fingerprint density at radius 3 is 2.10 bits per heavy atom. The third-order valence-corrected chi connectivity index (χ3v) is 4.97. The van der Waals surface area contributed by atoms with E-state index in [1.807, 2.05) is 11.8 Å². The Morgan fingerprint density at radius 2 is 1.57 bits per heavy atom. The summed E-state index contributed by atoms with van der Waals surface area (Å²) < 4.78 is 0. The first kappa shape index (κ1) is 16.3. The standard InChI is InChI=1S/C16H29N3O2/c1-13(16(21)19-9-5-3-4-6-10-19)18-11-7-14(8-12-18)15(20)17-2/h13-14H,3-12H2,1-2H3,(H,17,20). The highest BCUT2D eigenvalue weighted by atomic mass is 16.2. The Hall–Kier alpha value is -1.10. The first-order valence-electron chi connectivity index (χ1n) is 8.38. The van der Waals surface area contributed by atoms with Crippen molar-refractivity contribution >= 4 is 11.8 Å². The highest BCUT2D eigenvalue weighted by Gasteiger charge is 2.31. The molecular formula is C16H29N3O2. The fraction of sp³-hybridized carbons (Fsp3) is 0.875. The zero-order valence-corrected chi connectivity index (χ0v) is 13.4. The number of amides is 2. The molecule has 2 aliphatic rings. The molecule has 5 heteroatoms. The van der Waals surface area contributed by atoms with E-state index in [-0.39, 0.29) is 23.8 Å². The molecular weight excluding hydrogens is 266 g/mol. The number of nitrogens with one attached hydrogen (secondary N) is 1. The van der Waals surface area contributed by atoms with Crippen LogP contribution in [0.15, 0.2) is 0 Å². The summed E-state index contributed by atoms with van der Waals surface area (Å²) in [6.45, 7) is 5.54. The third-order valence-electron chi connectivity index (χ3n) is 4.97. The van der Waals surface area contributed by atoms with Gasteiger partial charge in [0, 0.05) is 26.1 Å². The summed E-state index contributed by atoms with van der Waals surface area (Å²) in [5.74, 6) is 0.531. The molecule has 0 aromatic carbocycles. The molecule has 2 aliphatic heterocycles. The van der Waals surface area contributed by atoms with Crippen LogP contribution >= 0.6 is 0 Å². The molecule has 0 aliphatic carbocycles. The van der Waals surface area contributed by atoms with Gasteiger partial charge in [0.25, 0.3) is 0 Å². The van der Waals surface area contributed by atoms with Gasteiger partial charge in [-0.3, -0.25) is 14.5 Å². The van der Waals surface area contributed by atoms with Crippen molar-refractivity contribution in [3.8, 4) is 0 Å². The molecule has 2 saturated heterocycles. The van der Waals surface area contributed by atoms with E-state index >= 15 is 0 Å². The number of rotatable bonds is 3. The summed E-state index contributed by atoms with van der Waals surface area (Å²) >= 11 is 0. The molecule has 1 unspecified atom stereocenters. The van der Waals surface area contributed by atoms with Crippen molar-refractivity contribution in [1.82, 2.24) is 15.1 Å². The van der Waals surface area contributed by atoms with Gasteiger partial charge in [0.2, 0.25) is 11.8 Å². The zero-order valence-electron chi connectivity index (χ0n) is 13.4. The fourth-order valence-corrected chi connectivity index (χ4v) is 3.46. The Morgan fingerprint density at radius 1 is 1.00 bits per heavy atom. The molecule has 0 aromatic rings. The number of nitrogens with zero attached hydrogens (tertiary/aromatic N) is 2. The van der Waals surface area contributed by atoms with Gasteiger partial charge in [-0.05, 0) is 45.7 Å². The second kappa shape index (κ2) is 7.78. The van der Waals surface area contributed by atoms with Crippen molar-refractivity contribution in [1.29, 1.82) is 0 Å². The first-order valence-corrected chi connectivity index (χ1v) is 8.38. The second-order valence-electron chi connectivity index (χ2n) is 6.34. The molecule has 0 aromatic heterocycles. The minimum absolute atomic E-state index is 0.0475. The molecule has 0 radical (unpaired) electrons. The van der Waals surface area contributed by atoms with Crippen LogP contribution in [0.25, 0.3) is 0 Å². The average Bonchev–Trinajstić information content (AvgIpc) is 2.82. The van der Waals surface area contributed by atoms with Gasteiger partial charge >= 0.3 is 0 Å². The van der Waals surface area contributed by atoms with Gasteiger partial charge in [0.05, 0.1) is 6.04 Å². The van der Waals surface area contributed by atoms with Crippen LogP contribution in [0.1, 0.15) is 45.4 Å². The molecule has 1 atom stereocenters. The molecule has 2 amide bonds. The van der Waals surface area contributed by atoms with Crippen LogP contribution in [0.2, 0.25) is 0 Å². The van der Waals surface area contributed by atoms with Gasteiger partial charge in [-0.15, -0.1) is 0 Å². The van der Waals surface area contributed by atoms with E-state index in [0.717, 1.165) is 51.9 Å². The van der Waals surface area contributed by atoms with Crippen molar-refractivity contribution < 1.29 is 9.59 Å². The lowest BCUT2D eigenvalue weighted by Gasteiger charge is -2.36. The van der Waals surface area contributed by atoms with Crippen molar-refractivity contribution in [2.24, 2.45) is 5.92 Å². The predicted octanol–water partition coefficient (Wildman–Crippen LogP) is 1.24. The van der Waals surface area contributed by atoms with E-state index in [2.05, 4.69) is 10.2 Å². The van der Waals surface area contributed by atoms with Crippen LogP contribution in [-0.4, -0.2) is 60.9 Å². The zero-order chi connectivity index (χ0) is 15.2. The number of piperidine rings is 1. The fourth-order valence-electron chi connectivity index (χ4n) is 3.46. The highest BCUT2D eigenvalue weighted by Crippen LogP contribution is 2.20. The van der Waals surface area contributed by atoms with Gasteiger partial charge in [-0.1, -0.05) is 12.8 Å². The minimum Gasteiger partial charge on any atom is -0.359 e. The smallest absolute Gasteiger partial charge is 0.239 e. The molecule has 0 saturated carbocycles. The Labute approximate surface area is 128 Å². The van der Waals surface area contributed by atoms with Crippen LogP contribution in [0.3, 0.4) is 0 Å². The number of carbonyl (C=O) groups excluding carboxylic acids is 2. The van der Waals surface area contributed by atoms with E-state index in [4.69, 9.17) is 0 Å². The molecule has 0 bridgehead atoms.